The normalized spacial score (nSPS) is 15.8. The largest absolute Gasteiger partial charge is 0.310 e. The Kier molecular flexibility index (Phi) is 6.01. The number of nitrogens with two attached hydrogens (primary N) is 1. The zero-order valence-corrected chi connectivity index (χ0v) is 12.3. The topological polar surface area (TPSA) is 53.0 Å². The molecule has 104 valence electrons. The SMILES string of the molecule is CCC(C)N(CC)CCC(N)(C#N)c1ccccc1. The second kappa shape index (κ2) is 7.28. The minimum atomic E-state index is -0.887. The van der Waals surface area contributed by atoms with Gasteiger partial charge in [-0.25, -0.2) is 0 Å². The van der Waals surface area contributed by atoms with E-state index in [-0.39, 0.29) is 0 Å². The summed E-state index contributed by atoms with van der Waals surface area (Å²) in [5, 5.41) is 9.43. The summed E-state index contributed by atoms with van der Waals surface area (Å²) in [6, 6.07) is 12.5. The molecule has 0 heterocycles. The van der Waals surface area contributed by atoms with E-state index >= 15 is 0 Å². The van der Waals surface area contributed by atoms with E-state index in [1.165, 1.54) is 0 Å². The second-order valence-electron chi connectivity index (χ2n) is 5.09. The number of rotatable bonds is 7. The van der Waals surface area contributed by atoms with E-state index in [2.05, 4.69) is 31.7 Å². The molecule has 2 atom stereocenters. The number of hydrogen-bond acceptors (Lipinski definition) is 3. The van der Waals surface area contributed by atoms with Crippen molar-refractivity contribution in [3.63, 3.8) is 0 Å². The molecule has 3 nitrogen and oxygen atoms in total. The van der Waals surface area contributed by atoms with E-state index in [0.717, 1.165) is 25.1 Å². The minimum absolute atomic E-state index is 0.531. The standard InChI is InChI=1S/C16H25N3/c1-4-14(3)19(5-2)12-11-16(18,13-17)15-9-7-6-8-10-15/h6-10,14H,4-5,11-12,18H2,1-3H3. The van der Waals surface area contributed by atoms with Crippen LogP contribution in [0, 0.1) is 11.3 Å². The van der Waals surface area contributed by atoms with Crippen LogP contribution >= 0.6 is 0 Å². The van der Waals surface area contributed by atoms with Crippen molar-refractivity contribution in [2.45, 2.75) is 45.2 Å². The Balaban J connectivity index is 2.75. The molecule has 0 aliphatic rings. The molecule has 2 N–H and O–H groups in total. The van der Waals surface area contributed by atoms with Gasteiger partial charge in [0, 0.05) is 12.6 Å². The van der Waals surface area contributed by atoms with E-state index in [0.29, 0.717) is 12.5 Å². The Labute approximate surface area is 117 Å². The summed E-state index contributed by atoms with van der Waals surface area (Å²) in [5.41, 5.74) is 6.29. The van der Waals surface area contributed by atoms with Crippen LogP contribution < -0.4 is 5.73 Å². The summed E-state index contributed by atoms with van der Waals surface area (Å²) in [6.45, 7) is 8.40. The fourth-order valence-corrected chi connectivity index (χ4v) is 2.27. The van der Waals surface area contributed by atoms with Crippen molar-refractivity contribution in [1.29, 1.82) is 5.26 Å². The van der Waals surface area contributed by atoms with Crippen molar-refractivity contribution in [2.75, 3.05) is 13.1 Å². The molecule has 1 aromatic rings. The van der Waals surface area contributed by atoms with Gasteiger partial charge in [-0.1, -0.05) is 44.2 Å². The van der Waals surface area contributed by atoms with E-state index in [1.54, 1.807) is 0 Å². The predicted molar refractivity (Wildman–Crippen MR) is 79.5 cm³/mol. The molecule has 0 saturated carbocycles. The van der Waals surface area contributed by atoms with Gasteiger partial charge in [-0.15, -0.1) is 0 Å². The molecule has 1 rings (SSSR count). The maximum absolute atomic E-state index is 9.43. The summed E-state index contributed by atoms with van der Waals surface area (Å²) in [5.74, 6) is 0. The van der Waals surface area contributed by atoms with Crippen LogP contribution in [0.15, 0.2) is 30.3 Å². The molecule has 0 saturated heterocycles. The van der Waals surface area contributed by atoms with Crippen LogP contribution in [0.3, 0.4) is 0 Å². The highest BCUT2D eigenvalue weighted by Crippen LogP contribution is 2.22. The molecule has 3 heteroatoms. The third-order valence-electron chi connectivity index (χ3n) is 3.90. The highest BCUT2D eigenvalue weighted by atomic mass is 15.1. The second-order valence-corrected chi connectivity index (χ2v) is 5.09. The van der Waals surface area contributed by atoms with Gasteiger partial charge in [0.25, 0.3) is 0 Å². The first-order valence-corrected chi connectivity index (χ1v) is 7.07. The van der Waals surface area contributed by atoms with Crippen molar-refractivity contribution >= 4 is 0 Å². The van der Waals surface area contributed by atoms with Gasteiger partial charge in [-0.05, 0) is 31.9 Å². The third kappa shape index (κ3) is 4.05. The Morgan fingerprint density at radius 2 is 1.95 bits per heavy atom. The van der Waals surface area contributed by atoms with Crippen LogP contribution in [0.25, 0.3) is 0 Å². The predicted octanol–water partition coefficient (Wildman–Crippen LogP) is 2.87. The van der Waals surface area contributed by atoms with Gasteiger partial charge in [-0.3, -0.25) is 0 Å². The van der Waals surface area contributed by atoms with Crippen molar-refractivity contribution < 1.29 is 0 Å². The third-order valence-corrected chi connectivity index (χ3v) is 3.90. The highest BCUT2D eigenvalue weighted by molar-refractivity contribution is 5.30. The first-order valence-electron chi connectivity index (χ1n) is 7.07. The van der Waals surface area contributed by atoms with E-state index in [4.69, 9.17) is 5.73 Å². The summed E-state index contributed by atoms with van der Waals surface area (Å²) in [7, 11) is 0. The van der Waals surface area contributed by atoms with E-state index in [9.17, 15) is 5.26 Å². The lowest BCUT2D eigenvalue weighted by molar-refractivity contribution is 0.200. The molecule has 0 aromatic heterocycles. The van der Waals surface area contributed by atoms with Crippen molar-refractivity contribution in [2.24, 2.45) is 5.73 Å². The average Bonchev–Trinajstić information content (AvgIpc) is 2.48. The fraction of sp³-hybridized carbons (Fsp3) is 0.562. The van der Waals surface area contributed by atoms with Crippen LogP contribution in [0.5, 0.6) is 0 Å². The van der Waals surface area contributed by atoms with Gasteiger partial charge in [0.05, 0.1) is 6.07 Å². The molecule has 19 heavy (non-hydrogen) atoms. The van der Waals surface area contributed by atoms with Crippen LogP contribution in [-0.4, -0.2) is 24.0 Å². The average molecular weight is 259 g/mol. The lowest BCUT2D eigenvalue weighted by atomic mass is 9.89. The maximum Gasteiger partial charge on any atom is 0.131 e. The van der Waals surface area contributed by atoms with Crippen LogP contribution in [-0.2, 0) is 5.54 Å². The zero-order chi connectivity index (χ0) is 14.3. The summed E-state index contributed by atoms with van der Waals surface area (Å²) in [4.78, 5) is 2.38. The molecule has 0 aliphatic carbocycles. The van der Waals surface area contributed by atoms with Crippen molar-refractivity contribution in [1.82, 2.24) is 4.90 Å². The Morgan fingerprint density at radius 1 is 1.32 bits per heavy atom. The summed E-state index contributed by atoms with van der Waals surface area (Å²) < 4.78 is 0. The van der Waals surface area contributed by atoms with Gasteiger partial charge < -0.3 is 10.6 Å². The fourth-order valence-electron chi connectivity index (χ4n) is 2.27. The molecular formula is C16H25N3. The molecule has 0 radical (unpaired) electrons. The van der Waals surface area contributed by atoms with Crippen LogP contribution in [0.2, 0.25) is 0 Å². The van der Waals surface area contributed by atoms with Gasteiger partial charge in [0.15, 0.2) is 0 Å². The highest BCUT2D eigenvalue weighted by Gasteiger charge is 2.27. The number of hydrogen-bond donors (Lipinski definition) is 1. The molecule has 2 unspecified atom stereocenters. The summed E-state index contributed by atoms with van der Waals surface area (Å²) >= 11 is 0. The molecule has 1 aromatic carbocycles. The van der Waals surface area contributed by atoms with Crippen LogP contribution in [0.4, 0.5) is 0 Å². The van der Waals surface area contributed by atoms with Gasteiger partial charge in [0.1, 0.15) is 5.54 Å². The van der Waals surface area contributed by atoms with Gasteiger partial charge in [0.2, 0.25) is 0 Å². The van der Waals surface area contributed by atoms with E-state index in [1.807, 2.05) is 30.3 Å². The first kappa shape index (κ1) is 15.7. The van der Waals surface area contributed by atoms with Gasteiger partial charge in [-0.2, -0.15) is 5.26 Å². The quantitative estimate of drug-likeness (QED) is 0.819. The van der Waals surface area contributed by atoms with Crippen molar-refractivity contribution in [3.05, 3.63) is 35.9 Å². The van der Waals surface area contributed by atoms with Crippen LogP contribution in [0.1, 0.15) is 39.2 Å². The van der Waals surface area contributed by atoms with Crippen molar-refractivity contribution in [3.8, 4) is 6.07 Å². The molecular weight excluding hydrogens is 234 g/mol. The smallest absolute Gasteiger partial charge is 0.131 e. The summed E-state index contributed by atoms with van der Waals surface area (Å²) in [6.07, 6.45) is 1.77. The maximum atomic E-state index is 9.43. The molecule has 0 fully saturated rings. The number of nitrogens with zero attached hydrogens (tertiary/aromatic N) is 2. The Morgan fingerprint density at radius 3 is 2.42 bits per heavy atom. The lowest BCUT2D eigenvalue weighted by Crippen LogP contribution is -2.41. The molecule has 0 amide bonds. The molecule has 0 spiro atoms. The Hall–Kier alpha value is -1.37. The monoisotopic (exact) mass is 259 g/mol. The van der Waals surface area contributed by atoms with E-state index < -0.39 is 5.54 Å². The lowest BCUT2D eigenvalue weighted by Gasteiger charge is -2.30. The Bertz CT molecular complexity index is 410. The molecule has 0 bridgehead atoms. The first-order chi connectivity index (χ1) is 9.07. The number of nitriles is 1. The zero-order valence-electron chi connectivity index (χ0n) is 12.3. The number of benzene rings is 1. The van der Waals surface area contributed by atoms with Gasteiger partial charge >= 0.3 is 0 Å². The molecule has 0 aliphatic heterocycles. The minimum Gasteiger partial charge on any atom is -0.310 e.